The van der Waals surface area contributed by atoms with Gasteiger partial charge in [-0.2, -0.15) is 0 Å². The van der Waals surface area contributed by atoms with Crippen LogP contribution in [0.5, 0.6) is 11.5 Å². The van der Waals surface area contributed by atoms with Crippen molar-refractivity contribution < 1.29 is 19.1 Å². The summed E-state index contributed by atoms with van der Waals surface area (Å²) in [4.78, 5) is 28.5. The van der Waals surface area contributed by atoms with Gasteiger partial charge in [0.2, 0.25) is 5.91 Å². The molecule has 3 rings (SSSR count). The molecule has 1 unspecified atom stereocenters. The molecule has 2 aromatic carbocycles. The third-order valence-electron chi connectivity index (χ3n) is 6.96. The highest BCUT2D eigenvalue weighted by molar-refractivity contribution is 5.88. The molecule has 6 nitrogen and oxygen atoms in total. The van der Waals surface area contributed by atoms with Crippen LogP contribution >= 0.6 is 0 Å². The molecular formula is C29H40N2O4. The van der Waals surface area contributed by atoms with Crippen LogP contribution in [0, 0.1) is 20.8 Å². The number of nitrogens with one attached hydrogen (secondary N) is 1. The Balaban J connectivity index is 1.79. The molecule has 1 N–H and O–H groups in total. The van der Waals surface area contributed by atoms with Crippen molar-refractivity contribution in [3.63, 3.8) is 0 Å². The van der Waals surface area contributed by atoms with Gasteiger partial charge in [-0.15, -0.1) is 0 Å². The van der Waals surface area contributed by atoms with Crippen LogP contribution in [0.4, 0.5) is 0 Å². The van der Waals surface area contributed by atoms with E-state index in [4.69, 9.17) is 9.47 Å². The van der Waals surface area contributed by atoms with Gasteiger partial charge in [-0.1, -0.05) is 44.4 Å². The van der Waals surface area contributed by atoms with Gasteiger partial charge in [-0.05, 0) is 80.5 Å². The smallest absolute Gasteiger partial charge is 0.261 e. The van der Waals surface area contributed by atoms with Crippen molar-refractivity contribution in [1.82, 2.24) is 10.2 Å². The zero-order valence-electron chi connectivity index (χ0n) is 21.9. The summed E-state index contributed by atoms with van der Waals surface area (Å²) in [6.07, 6.45) is 6.04. The maximum absolute atomic E-state index is 13.5. The van der Waals surface area contributed by atoms with Crippen molar-refractivity contribution in [2.45, 2.75) is 84.8 Å². The van der Waals surface area contributed by atoms with Crippen molar-refractivity contribution >= 4 is 11.8 Å². The van der Waals surface area contributed by atoms with Crippen LogP contribution in [-0.2, 0) is 16.1 Å². The fourth-order valence-corrected chi connectivity index (χ4v) is 4.76. The standard InChI is InChI=1S/C29H40N2O4/c1-6-26(29(33)30-24-10-8-7-9-11-24)31(18-23-12-14-25(34-5)15-13-23)28(32)19-35-27-17-20(2)16-21(3)22(27)4/h12-17,24,26H,6-11,18-19H2,1-5H3,(H,30,33). The number of ether oxygens (including phenoxy) is 2. The fraction of sp³-hybridized carbons (Fsp3) is 0.517. The van der Waals surface area contributed by atoms with Gasteiger partial charge in [0.05, 0.1) is 7.11 Å². The Labute approximate surface area is 210 Å². The quantitative estimate of drug-likeness (QED) is 0.504. The van der Waals surface area contributed by atoms with Crippen LogP contribution in [0.1, 0.15) is 67.7 Å². The Morgan fingerprint density at radius 2 is 1.74 bits per heavy atom. The molecule has 2 aromatic rings. The van der Waals surface area contributed by atoms with E-state index < -0.39 is 6.04 Å². The van der Waals surface area contributed by atoms with Crippen molar-refractivity contribution in [3.8, 4) is 11.5 Å². The van der Waals surface area contributed by atoms with Gasteiger partial charge >= 0.3 is 0 Å². The first kappa shape index (κ1) is 26.6. The zero-order valence-corrected chi connectivity index (χ0v) is 21.9. The van der Waals surface area contributed by atoms with Gasteiger partial charge in [0, 0.05) is 12.6 Å². The summed E-state index contributed by atoms with van der Waals surface area (Å²) in [5, 5.41) is 3.21. The molecule has 6 heteroatoms. The average molecular weight is 481 g/mol. The van der Waals surface area contributed by atoms with Gasteiger partial charge < -0.3 is 19.7 Å². The van der Waals surface area contributed by atoms with E-state index in [2.05, 4.69) is 11.4 Å². The van der Waals surface area contributed by atoms with E-state index in [1.165, 1.54) is 6.42 Å². The molecule has 1 aliphatic carbocycles. The van der Waals surface area contributed by atoms with Crippen LogP contribution in [-0.4, -0.2) is 42.5 Å². The van der Waals surface area contributed by atoms with E-state index in [1.54, 1.807) is 12.0 Å². The molecule has 190 valence electrons. The Bertz CT molecular complexity index is 996. The first-order valence-corrected chi connectivity index (χ1v) is 12.8. The number of rotatable bonds is 10. The van der Waals surface area contributed by atoms with Gasteiger partial charge in [0.25, 0.3) is 5.91 Å². The van der Waals surface area contributed by atoms with E-state index >= 15 is 0 Å². The number of methoxy groups -OCH3 is 1. The summed E-state index contributed by atoms with van der Waals surface area (Å²) in [5.41, 5.74) is 4.17. The van der Waals surface area contributed by atoms with E-state index in [0.717, 1.165) is 53.7 Å². The van der Waals surface area contributed by atoms with E-state index in [9.17, 15) is 9.59 Å². The van der Waals surface area contributed by atoms with E-state index in [1.807, 2.05) is 58.0 Å². The Kier molecular flexibility index (Phi) is 9.58. The second kappa shape index (κ2) is 12.6. The zero-order chi connectivity index (χ0) is 25.4. The lowest BCUT2D eigenvalue weighted by Crippen LogP contribution is -2.52. The van der Waals surface area contributed by atoms with Gasteiger partial charge in [0.15, 0.2) is 6.61 Å². The van der Waals surface area contributed by atoms with Crippen molar-refractivity contribution in [3.05, 3.63) is 58.7 Å². The lowest BCUT2D eigenvalue weighted by atomic mass is 9.95. The minimum Gasteiger partial charge on any atom is -0.497 e. The van der Waals surface area contributed by atoms with Crippen molar-refractivity contribution in [2.75, 3.05) is 13.7 Å². The van der Waals surface area contributed by atoms with Crippen LogP contribution in [0.15, 0.2) is 36.4 Å². The Hall–Kier alpha value is -3.02. The summed E-state index contributed by atoms with van der Waals surface area (Å²) in [7, 11) is 1.62. The fourth-order valence-electron chi connectivity index (χ4n) is 4.76. The summed E-state index contributed by atoms with van der Waals surface area (Å²) in [5.74, 6) is 1.18. The third-order valence-corrected chi connectivity index (χ3v) is 6.96. The highest BCUT2D eigenvalue weighted by Gasteiger charge is 2.30. The summed E-state index contributed by atoms with van der Waals surface area (Å²) < 4.78 is 11.3. The lowest BCUT2D eigenvalue weighted by molar-refractivity contribution is -0.143. The predicted octanol–water partition coefficient (Wildman–Crippen LogP) is 5.26. The summed E-state index contributed by atoms with van der Waals surface area (Å²) in [6.45, 7) is 8.21. The van der Waals surface area contributed by atoms with Crippen molar-refractivity contribution in [1.29, 1.82) is 0 Å². The number of hydrogen-bond acceptors (Lipinski definition) is 4. The average Bonchev–Trinajstić information content (AvgIpc) is 2.86. The van der Waals surface area contributed by atoms with Gasteiger partial charge in [-0.25, -0.2) is 0 Å². The summed E-state index contributed by atoms with van der Waals surface area (Å²) in [6, 6.07) is 11.3. The molecule has 1 atom stereocenters. The molecule has 1 aliphatic rings. The van der Waals surface area contributed by atoms with Crippen LogP contribution in [0.3, 0.4) is 0 Å². The molecule has 1 fully saturated rings. The number of carbonyl (C=O) groups is 2. The molecule has 0 spiro atoms. The maximum atomic E-state index is 13.5. The molecule has 0 saturated heterocycles. The lowest BCUT2D eigenvalue weighted by Gasteiger charge is -2.32. The van der Waals surface area contributed by atoms with Crippen LogP contribution < -0.4 is 14.8 Å². The predicted molar refractivity (Wildman–Crippen MR) is 139 cm³/mol. The highest BCUT2D eigenvalue weighted by Crippen LogP contribution is 2.24. The molecule has 2 amide bonds. The van der Waals surface area contributed by atoms with Gasteiger partial charge in [-0.3, -0.25) is 9.59 Å². The van der Waals surface area contributed by atoms with Crippen LogP contribution in [0.2, 0.25) is 0 Å². The molecule has 0 heterocycles. The minimum atomic E-state index is -0.560. The first-order valence-electron chi connectivity index (χ1n) is 12.8. The molecular weight excluding hydrogens is 440 g/mol. The number of nitrogens with zero attached hydrogens (tertiary/aromatic N) is 1. The van der Waals surface area contributed by atoms with E-state index in [-0.39, 0.29) is 24.5 Å². The number of benzene rings is 2. The third kappa shape index (κ3) is 7.23. The molecule has 0 bridgehead atoms. The normalized spacial score (nSPS) is 14.8. The molecule has 0 aromatic heterocycles. The number of amides is 2. The number of carbonyl (C=O) groups excluding carboxylic acids is 2. The molecule has 0 aliphatic heterocycles. The van der Waals surface area contributed by atoms with Gasteiger partial charge in [0.1, 0.15) is 17.5 Å². The van der Waals surface area contributed by atoms with Crippen molar-refractivity contribution in [2.24, 2.45) is 0 Å². The number of aryl methyl sites for hydroxylation is 2. The second-order valence-corrected chi connectivity index (χ2v) is 9.63. The molecule has 1 saturated carbocycles. The summed E-state index contributed by atoms with van der Waals surface area (Å²) >= 11 is 0. The Morgan fingerprint density at radius 1 is 1.06 bits per heavy atom. The largest absolute Gasteiger partial charge is 0.497 e. The second-order valence-electron chi connectivity index (χ2n) is 9.63. The highest BCUT2D eigenvalue weighted by atomic mass is 16.5. The Morgan fingerprint density at radius 3 is 2.37 bits per heavy atom. The first-order chi connectivity index (χ1) is 16.8. The topological polar surface area (TPSA) is 67.9 Å². The van der Waals surface area contributed by atoms with Crippen LogP contribution in [0.25, 0.3) is 0 Å². The molecule has 0 radical (unpaired) electrons. The monoisotopic (exact) mass is 480 g/mol. The molecule has 35 heavy (non-hydrogen) atoms. The number of hydrogen-bond donors (Lipinski definition) is 1. The maximum Gasteiger partial charge on any atom is 0.261 e. The minimum absolute atomic E-state index is 0.0798. The van der Waals surface area contributed by atoms with E-state index in [0.29, 0.717) is 18.7 Å². The SMILES string of the molecule is CCC(C(=O)NC1CCCCC1)N(Cc1ccc(OC)cc1)C(=O)COc1cc(C)cc(C)c1C.